The highest BCUT2D eigenvalue weighted by Gasteiger charge is 2.23. The molecule has 0 fully saturated rings. The van der Waals surface area contributed by atoms with E-state index in [1.54, 1.807) is 20.2 Å². The molecule has 0 amide bonds. The van der Waals surface area contributed by atoms with Crippen molar-refractivity contribution in [2.24, 2.45) is 0 Å². The van der Waals surface area contributed by atoms with Crippen molar-refractivity contribution < 1.29 is 34.2 Å². The van der Waals surface area contributed by atoms with Crippen LogP contribution in [0.25, 0.3) is 0 Å². The van der Waals surface area contributed by atoms with Crippen LogP contribution < -0.4 is 26.4 Å². The summed E-state index contributed by atoms with van der Waals surface area (Å²) in [5.74, 6) is 0. The van der Waals surface area contributed by atoms with Gasteiger partial charge in [-0.1, -0.05) is 66.9 Å². The summed E-state index contributed by atoms with van der Waals surface area (Å²) in [6.07, 6.45) is 0. The van der Waals surface area contributed by atoms with Crippen LogP contribution in [-0.4, -0.2) is 21.0 Å². The maximum atomic E-state index is 10.4. The molecule has 0 unspecified atom stereocenters. The zero-order valence-electron chi connectivity index (χ0n) is 15.8. The summed E-state index contributed by atoms with van der Waals surface area (Å²) in [7, 11) is -5.37. The SMILES string of the molecule is C[Si](C)(C)c1csc([I+]c2ccccc2)c1.Cc1ccc(S(=O)(=O)[O-])cc1. The second-order valence-electron chi connectivity index (χ2n) is 7.05. The fourth-order valence-electron chi connectivity index (χ4n) is 2.04. The first kappa shape index (κ1) is 22.3. The van der Waals surface area contributed by atoms with Gasteiger partial charge in [0.2, 0.25) is 2.88 Å². The third-order valence-corrected chi connectivity index (χ3v) is 10.9. The van der Waals surface area contributed by atoms with Crippen LogP contribution in [0.1, 0.15) is 5.56 Å². The zero-order chi connectivity index (χ0) is 20.1. The molecule has 0 bridgehead atoms. The van der Waals surface area contributed by atoms with E-state index in [1.165, 1.54) is 15.7 Å². The van der Waals surface area contributed by atoms with E-state index < -0.39 is 18.2 Å². The summed E-state index contributed by atoms with van der Waals surface area (Å²) < 4.78 is 34.3. The number of halogens is 1. The lowest BCUT2D eigenvalue weighted by Crippen LogP contribution is -3.61. The normalized spacial score (nSPS) is 11.6. The Labute approximate surface area is 177 Å². The molecule has 0 saturated heterocycles. The maximum absolute atomic E-state index is 10.4. The van der Waals surface area contributed by atoms with Gasteiger partial charge in [0.15, 0.2) is 3.57 Å². The van der Waals surface area contributed by atoms with Gasteiger partial charge in [-0.15, -0.1) is 0 Å². The van der Waals surface area contributed by atoms with Crippen LogP contribution in [0.15, 0.2) is 70.9 Å². The predicted molar refractivity (Wildman–Crippen MR) is 110 cm³/mol. The van der Waals surface area contributed by atoms with Crippen LogP contribution in [0.3, 0.4) is 0 Å². The molecule has 1 aromatic heterocycles. The van der Waals surface area contributed by atoms with E-state index in [9.17, 15) is 13.0 Å². The first-order valence-electron chi connectivity index (χ1n) is 8.37. The minimum Gasteiger partial charge on any atom is -0.744 e. The Bertz CT molecular complexity index is 960. The average Bonchev–Trinajstić information content (AvgIpc) is 3.05. The lowest BCUT2D eigenvalue weighted by atomic mass is 10.2. The van der Waals surface area contributed by atoms with E-state index in [2.05, 4.69) is 61.4 Å². The van der Waals surface area contributed by atoms with Gasteiger partial charge in [-0.2, -0.15) is 0 Å². The molecule has 27 heavy (non-hydrogen) atoms. The summed E-state index contributed by atoms with van der Waals surface area (Å²) in [5, 5.41) is 3.99. The van der Waals surface area contributed by atoms with Crippen LogP contribution in [0.4, 0.5) is 0 Å². The molecule has 0 aliphatic rings. The maximum Gasteiger partial charge on any atom is 0.369 e. The fourth-order valence-corrected chi connectivity index (χ4v) is 8.87. The molecule has 2 aromatic carbocycles. The topological polar surface area (TPSA) is 57.2 Å². The Balaban J connectivity index is 0.000000208. The molecule has 0 N–H and O–H groups in total. The summed E-state index contributed by atoms with van der Waals surface area (Å²) in [6.45, 7) is 9.07. The van der Waals surface area contributed by atoms with Gasteiger partial charge in [0.1, 0.15) is 10.1 Å². The smallest absolute Gasteiger partial charge is 0.369 e. The van der Waals surface area contributed by atoms with E-state index in [0.717, 1.165) is 5.56 Å². The second-order valence-corrected chi connectivity index (χ2v) is 18.1. The van der Waals surface area contributed by atoms with Gasteiger partial charge in [-0.3, -0.25) is 0 Å². The van der Waals surface area contributed by atoms with Crippen LogP contribution in [0, 0.1) is 13.4 Å². The fraction of sp³-hybridized carbons (Fsp3) is 0.200. The lowest BCUT2D eigenvalue weighted by Gasteiger charge is -2.12. The van der Waals surface area contributed by atoms with Crippen molar-refractivity contribution in [3.05, 3.63) is 78.1 Å². The Kier molecular flexibility index (Phi) is 7.81. The third kappa shape index (κ3) is 7.50. The van der Waals surface area contributed by atoms with Crippen molar-refractivity contribution in [3.8, 4) is 0 Å². The Morgan fingerprint density at radius 3 is 2.04 bits per heavy atom. The second kappa shape index (κ2) is 9.47. The molecule has 0 radical (unpaired) electrons. The van der Waals surface area contributed by atoms with Gasteiger partial charge in [-0.05, 0) is 41.8 Å². The van der Waals surface area contributed by atoms with Gasteiger partial charge >= 0.3 is 21.2 Å². The van der Waals surface area contributed by atoms with Gasteiger partial charge < -0.3 is 4.55 Å². The first-order chi connectivity index (χ1) is 12.6. The molecule has 144 valence electrons. The molecule has 3 nitrogen and oxygen atoms in total. The highest BCUT2D eigenvalue weighted by Crippen LogP contribution is 2.08. The van der Waals surface area contributed by atoms with Crippen molar-refractivity contribution in [1.82, 2.24) is 0 Å². The summed E-state index contributed by atoms with van der Waals surface area (Å²) in [4.78, 5) is -0.178. The van der Waals surface area contributed by atoms with Crippen LogP contribution in [-0.2, 0) is 10.1 Å². The number of benzene rings is 2. The van der Waals surface area contributed by atoms with E-state index in [4.69, 9.17) is 0 Å². The predicted octanol–water partition coefficient (Wildman–Crippen LogP) is 1.32. The van der Waals surface area contributed by atoms with Gasteiger partial charge in [0.25, 0.3) is 0 Å². The van der Waals surface area contributed by atoms with Crippen molar-refractivity contribution in [1.29, 1.82) is 0 Å². The van der Waals surface area contributed by atoms with Gasteiger partial charge in [0, 0.05) is 6.07 Å². The quantitative estimate of drug-likeness (QED) is 0.291. The van der Waals surface area contributed by atoms with Crippen molar-refractivity contribution >= 4 is 34.7 Å². The Morgan fingerprint density at radius 2 is 1.56 bits per heavy atom. The zero-order valence-corrected chi connectivity index (χ0v) is 20.6. The molecule has 0 aliphatic carbocycles. The van der Waals surface area contributed by atoms with Crippen molar-refractivity contribution in [3.63, 3.8) is 0 Å². The van der Waals surface area contributed by atoms with Crippen molar-refractivity contribution in [2.75, 3.05) is 0 Å². The highest BCUT2D eigenvalue weighted by molar-refractivity contribution is 7.85. The van der Waals surface area contributed by atoms with E-state index >= 15 is 0 Å². The molecular formula is C20H23IO3S2Si. The molecule has 3 rings (SSSR count). The van der Waals surface area contributed by atoms with Crippen molar-refractivity contribution in [2.45, 2.75) is 31.5 Å². The number of thiophene rings is 1. The molecule has 0 saturated carbocycles. The number of rotatable bonds is 4. The van der Waals surface area contributed by atoms with E-state index in [1.807, 2.05) is 18.3 Å². The Morgan fingerprint density at radius 1 is 0.963 bits per heavy atom. The summed E-state index contributed by atoms with van der Waals surface area (Å²) in [5.41, 5.74) is 0.928. The average molecular weight is 531 g/mol. The molecule has 0 spiro atoms. The molecular weight excluding hydrogens is 507 g/mol. The van der Waals surface area contributed by atoms with E-state index in [0.29, 0.717) is 0 Å². The minimum absolute atomic E-state index is 0.0419. The third-order valence-electron chi connectivity index (χ3n) is 3.68. The molecule has 1 heterocycles. The number of hydrogen-bond acceptors (Lipinski definition) is 4. The first-order valence-corrected chi connectivity index (χ1v) is 16.3. The van der Waals surface area contributed by atoms with Crippen LogP contribution in [0.2, 0.25) is 19.6 Å². The number of aryl methyl sites for hydroxylation is 1. The standard InChI is InChI=1S/C13H16ISSi.C7H8O3S/c1-16(2,3)12-9-13(15-10-12)14-11-7-5-4-6-8-11;1-6-2-4-7(5-3-6)11(8,9)10/h4-10H,1-3H3;2-5H,1H3,(H,8,9,10)/q+1;/p-1. The molecule has 0 atom stereocenters. The van der Waals surface area contributed by atoms with Crippen LogP contribution in [0.5, 0.6) is 0 Å². The summed E-state index contributed by atoms with van der Waals surface area (Å²) >= 11 is 2.00. The van der Waals surface area contributed by atoms with E-state index in [-0.39, 0.29) is 26.1 Å². The molecule has 7 heteroatoms. The highest BCUT2D eigenvalue weighted by atomic mass is 127. The summed E-state index contributed by atoms with van der Waals surface area (Å²) in [6, 6.07) is 19.1. The largest absolute Gasteiger partial charge is 0.744 e. The van der Waals surface area contributed by atoms with Gasteiger partial charge in [0.05, 0.1) is 13.0 Å². The molecule has 0 aliphatic heterocycles. The van der Waals surface area contributed by atoms with Gasteiger partial charge in [-0.25, -0.2) is 8.42 Å². The molecule has 3 aromatic rings. The Hall–Kier alpha value is -1.00. The number of hydrogen-bond donors (Lipinski definition) is 0. The lowest BCUT2D eigenvalue weighted by molar-refractivity contribution is -0.591. The minimum atomic E-state index is -4.27. The van der Waals surface area contributed by atoms with Crippen LogP contribution >= 0.6 is 11.3 Å². The monoisotopic (exact) mass is 530 g/mol.